The summed E-state index contributed by atoms with van der Waals surface area (Å²) in [5, 5.41) is 2.70. The smallest absolute Gasteiger partial charge is 0.339 e. The molecule has 5 nitrogen and oxygen atoms in total. The molecule has 1 aromatic heterocycles. The third-order valence-electron chi connectivity index (χ3n) is 3.68. The Morgan fingerprint density at radius 3 is 2.57 bits per heavy atom. The van der Waals surface area contributed by atoms with Gasteiger partial charge in [-0.3, -0.25) is 4.79 Å². The molecule has 0 atom stereocenters. The van der Waals surface area contributed by atoms with Crippen LogP contribution in [0.1, 0.15) is 39.0 Å². The first-order valence-electron chi connectivity index (χ1n) is 7.26. The molecule has 0 fully saturated rings. The van der Waals surface area contributed by atoms with E-state index in [0.717, 1.165) is 0 Å². The molecule has 0 saturated carbocycles. The van der Waals surface area contributed by atoms with Crippen molar-refractivity contribution >= 4 is 17.6 Å². The molecule has 0 aliphatic rings. The molecule has 0 radical (unpaired) electrons. The van der Waals surface area contributed by atoms with Gasteiger partial charge in [0.05, 0.1) is 12.2 Å². The molecule has 0 saturated heterocycles. The van der Waals surface area contributed by atoms with E-state index in [1.807, 2.05) is 0 Å². The molecule has 1 N–H and O–H groups in total. The Morgan fingerprint density at radius 1 is 1.26 bits per heavy atom. The summed E-state index contributed by atoms with van der Waals surface area (Å²) in [5.74, 6) is -1.17. The third kappa shape index (κ3) is 3.41. The van der Waals surface area contributed by atoms with Gasteiger partial charge in [0.15, 0.2) is 0 Å². The Labute approximate surface area is 134 Å². The first kappa shape index (κ1) is 16.7. The highest BCUT2D eigenvalue weighted by Gasteiger charge is 2.20. The zero-order chi connectivity index (χ0) is 17.1. The second-order valence-electron chi connectivity index (χ2n) is 5.23. The minimum atomic E-state index is -0.461. The van der Waals surface area contributed by atoms with Gasteiger partial charge in [-0.25, -0.2) is 9.18 Å². The minimum Gasteiger partial charge on any atom is -0.462 e. The molecule has 1 aromatic carbocycles. The van der Waals surface area contributed by atoms with Crippen LogP contribution in [0, 0.1) is 19.7 Å². The molecule has 1 heterocycles. The Bertz CT molecular complexity index is 765. The maximum Gasteiger partial charge on any atom is 0.339 e. The summed E-state index contributed by atoms with van der Waals surface area (Å²) >= 11 is 0. The molecule has 23 heavy (non-hydrogen) atoms. The van der Waals surface area contributed by atoms with Gasteiger partial charge < -0.3 is 14.6 Å². The molecule has 2 aromatic rings. The molecule has 0 aliphatic heterocycles. The second kappa shape index (κ2) is 6.64. The zero-order valence-corrected chi connectivity index (χ0v) is 13.6. The fourth-order valence-electron chi connectivity index (χ4n) is 2.25. The molecule has 0 bridgehead atoms. The number of ether oxygens (including phenoxy) is 1. The number of benzene rings is 1. The van der Waals surface area contributed by atoms with Gasteiger partial charge >= 0.3 is 5.97 Å². The minimum absolute atomic E-state index is 0.267. The summed E-state index contributed by atoms with van der Waals surface area (Å²) in [6, 6.07) is 5.84. The number of hydrogen-bond acceptors (Lipinski definition) is 3. The summed E-state index contributed by atoms with van der Waals surface area (Å²) < 4.78 is 19.9. The van der Waals surface area contributed by atoms with E-state index in [4.69, 9.17) is 4.74 Å². The van der Waals surface area contributed by atoms with Crippen LogP contribution in [0.2, 0.25) is 0 Å². The normalized spacial score (nSPS) is 10.5. The van der Waals surface area contributed by atoms with E-state index in [1.54, 1.807) is 38.5 Å². The van der Waals surface area contributed by atoms with Crippen molar-refractivity contribution in [2.45, 2.75) is 20.8 Å². The van der Waals surface area contributed by atoms with Crippen molar-refractivity contribution in [1.82, 2.24) is 4.57 Å². The Morgan fingerprint density at radius 2 is 1.96 bits per heavy atom. The number of rotatable bonds is 4. The summed E-state index contributed by atoms with van der Waals surface area (Å²) in [6.45, 7) is 5.35. The summed E-state index contributed by atoms with van der Waals surface area (Å²) in [4.78, 5) is 24.3. The van der Waals surface area contributed by atoms with Crippen molar-refractivity contribution in [3.63, 3.8) is 0 Å². The highest BCUT2D eigenvalue weighted by molar-refractivity contribution is 6.05. The van der Waals surface area contributed by atoms with Gasteiger partial charge in [-0.2, -0.15) is 0 Å². The van der Waals surface area contributed by atoms with Crippen molar-refractivity contribution < 1.29 is 18.7 Å². The number of aromatic nitrogens is 1. The van der Waals surface area contributed by atoms with Gasteiger partial charge in [0.25, 0.3) is 5.91 Å². The predicted molar refractivity (Wildman–Crippen MR) is 85.2 cm³/mol. The molecule has 0 unspecified atom stereocenters. The number of amides is 1. The van der Waals surface area contributed by atoms with Crippen molar-refractivity contribution in [2.24, 2.45) is 7.05 Å². The number of halogens is 1. The lowest BCUT2D eigenvalue weighted by Crippen LogP contribution is -2.16. The topological polar surface area (TPSA) is 60.3 Å². The molecule has 0 aliphatic carbocycles. The second-order valence-corrected chi connectivity index (χ2v) is 5.23. The number of anilines is 1. The number of carbonyl (C=O) groups excluding carboxylic acids is 2. The SMILES string of the molecule is CCOC(=O)c1cc(C(=O)Nc2ccc(F)c(C)c2)n(C)c1C. The summed E-state index contributed by atoms with van der Waals surface area (Å²) in [7, 11) is 1.70. The third-order valence-corrected chi connectivity index (χ3v) is 3.68. The number of aryl methyl sites for hydroxylation is 1. The van der Waals surface area contributed by atoms with E-state index in [0.29, 0.717) is 28.2 Å². The number of nitrogens with one attached hydrogen (secondary N) is 1. The molecule has 1 amide bonds. The first-order chi connectivity index (χ1) is 10.8. The van der Waals surface area contributed by atoms with Crippen LogP contribution in [0.25, 0.3) is 0 Å². The molecule has 0 spiro atoms. The fraction of sp³-hybridized carbons (Fsp3) is 0.294. The monoisotopic (exact) mass is 318 g/mol. The average molecular weight is 318 g/mol. The van der Waals surface area contributed by atoms with Crippen LogP contribution in [-0.2, 0) is 11.8 Å². The largest absolute Gasteiger partial charge is 0.462 e. The van der Waals surface area contributed by atoms with Crippen LogP contribution in [0.15, 0.2) is 24.3 Å². The van der Waals surface area contributed by atoms with Crippen molar-refractivity contribution in [3.05, 3.63) is 52.6 Å². The van der Waals surface area contributed by atoms with Crippen molar-refractivity contribution in [2.75, 3.05) is 11.9 Å². The van der Waals surface area contributed by atoms with Crippen LogP contribution < -0.4 is 5.32 Å². The lowest BCUT2D eigenvalue weighted by molar-refractivity contribution is 0.0525. The molecular formula is C17H19FN2O3. The standard InChI is InChI=1S/C17H19FN2O3/c1-5-23-17(22)13-9-15(20(4)11(13)3)16(21)19-12-6-7-14(18)10(2)8-12/h6-9H,5H2,1-4H3,(H,19,21). The van der Waals surface area contributed by atoms with Gasteiger partial charge in [-0.1, -0.05) is 0 Å². The van der Waals surface area contributed by atoms with Gasteiger partial charge in [0.2, 0.25) is 0 Å². The van der Waals surface area contributed by atoms with Gasteiger partial charge in [-0.15, -0.1) is 0 Å². The van der Waals surface area contributed by atoms with E-state index < -0.39 is 5.97 Å². The highest BCUT2D eigenvalue weighted by atomic mass is 19.1. The van der Waals surface area contributed by atoms with E-state index in [1.165, 1.54) is 18.2 Å². The Balaban J connectivity index is 2.27. The number of esters is 1. The lowest BCUT2D eigenvalue weighted by atomic mass is 10.2. The van der Waals surface area contributed by atoms with Gasteiger partial charge in [-0.05, 0) is 50.6 Å². The van der Waals surface area contributed by atoms with Crippen LogP contribution in [0.3, 0.4) is 0 Å². The average Bonchev–Trinajstić information content (AvgIpc) is 2.80. The predicted octanol–water partition coefficient (Wildman–Crippen LogP) is 3.21. The van der Waals surface area contributed by atoms with Crippen LogP contribution in [0.5, 0.6) is 0 Å². The zero-order valence-electron chi connectivity index (χ0n) is 13.6. The van der Waals surface area contributed by atoms with Crippen molar-refractivity contribution in [1.29, 1.82) is 0 Å². The van der Waals surface area contributed by atoms with E-state index in [2.05, 4.69) is 5.32 Å². The van der Waals surface area contributed by atoms with E-state index >= 15 is 0 Å². The Kier molecular flexibility index (Phi) is 4.83. The maximum absolute atomic E-state index is 13.3. The van der Waals surface area contributed by atoms with Gasteiger partial charge in [0, 0.05) is 18.4 Å². The summed E-state index contributed by atoms with van der Waals surface area (Å²) in [6.07, 6.45) is 0. The molecule has 122 valence electrons. The highest BCUT2D eigenvalue weighted by Crippen LogP contribution is 2.18. The van der Waals surface area contributed by atoms with Crippen molar-refractivity contribution in [3.8, 4) is 0 Å². The number of carbonyl (C=O) groups is 2. The Hall–Kier alpha value is -2.63. The van der Waals surface area contributed by atoms with Crippen LogP contribution >= 0.6 is 0 Å². The fourth-order valence-corrected chi connectivity index (χ4v) is 2.25. The lowest BCUT2D eigenvalue weighted by Gasteiger charge is -2.08. The quantitative estimate of drug-likeness (QED) is 0.881. The number of hydrogen-bond donors (Lipinski definition) is 1. The van der Waals surface area contributed by atoms with E-state index in [-0.39, 0.29) is 18.3 Å². The first-order valence-corrected chi connectivity index (χ1v) is 7.26. The molecule has 6 heteroatoms. The van der Waals surface area contributed by atoms with Crippen LogP contribution in [0.4, 0.5) is 10.1 Å². The van der Waals surface area contributed by atoms with Gasteiger partial charge in [0.1, 0.15) is 11.5 Å². The summed E-state index contributed by atoms with van der Waals surface area (Å²) in [5.41, 5.74) is 2.26. The van der Waals surface area contributed by atoms with E-state index in [9.17, 15) is 14.0 Å². The maximum atomic E-state index is 13.3. The molecular weight excluding hydrogens is 299 g/mol. The molecule has 2 rings (SSSR count). The number of nitrogens with zero attached hydrogens (tertiary/aromatic N) is 1. The van der Waals surface area contributed by atoms with Crippen LogP contribution in [-0.4, -0.2) is 23.1 Å².